The Morgan fingerprint density at radius 3 is 2.28 bits per heavy atom. The molecule has 4 rings (SSSR count). The minimum atomic E-state index is -0.510. The van der Waals surface area contributed by atoms with Crippen LogP contribution in [-0.2, 0) is 9.53 Å². The van der Waals surface area contributed by atoms with Gasteiger partial charge in [-0.1, -0.05) is 17.7 Å². The molecule has 0 radical (unpaired) electrons. The van der Waals surface area contributed by atoms with Crippen molar-refractivity contribution in [2.45, 2.75) is 59.6 Å². The number of rotatable bonds is 2. The van der Waals surface area contributed by atoms with Crippen molar-refractivity contribution in [3.63, 3.8) is 0 Å². The molecular weight excluding hydrogens is 408 g/mol. The van der Waals surface area contributed by atoms with E-state index in [2.05, 4.69) is 53.9 Å². The van der Waals surface area contributed by atoms with Gasteiger partial charge in [-0.05, 0) is 52.7 Å². The number of carbonyl (C=O) groups is 2. The van der Waals surface area contributed by atoms with Crippen molar-refractivity contribution in [2.75, 3.05) is 31.2 Å². The number of nitrogens with one attached hydrogen (secondary N) is 3. The van der Waals surface area contributed by atoms with E-state index < -0.39 is 5.60 Å². The Balaban J connectivity index is 1.39. The molecule has 2 saturated heterocycles. The Bertz CT molecular complexity index is 923. The van der Waals surface area contributed by atoms with Crippen LogP contribution in [0.15, 0.2) is 23.9 Å². The second-order valence-corrected chi connectivity index (χ2v) is 9.81. The molecule has 9 heteroatoms. The Morgan fingerprint density at radius 1 is 1.06 bits per heavy atom. The Labute approximate surface area is 189 Å². The van der Waals surface area contributed by atoms with Crippen LogP contribution in [0.2, 0.25) is 0 Å². The highest BCUT2D eigenvalue weighted by Crippen LogP contribution is 2.29. The van der Waals surface area contributed by atoms with E-state index in [1.54, 1.807) is 4.90 Å². The number of hydrazine groups is 1. The molecule has 3 heterocycles. The Kier molecular flexibility index (Phi) is 5.91. The van der Waals surface area contributed by atoms with Gasteiger partial charge < -0.3 is 15.0 Å². The van der Waals surface area contributed by atoms with Crippen molar-refractivity contribution < 1.29 is 14.3 Å². The topological polar surface area (TPSA) is 89.2 Å². The number of hydrogen-bond donors (Lipinski definition) is 3. The first kappa shape index (κ1) is 22.6. The zero-order valence-electron chi connectivity index (χ0n) is 19.8. The van der Waals surface area contributed by atoms with E-state index in [0.29, 0.717) is 31.8 Å². The standard InChI is InChI=1S/C23H34N6O3/c1-14-11-15(2)18(16(3)12-14)29-13-17-19(26-29)24-21(25-20(17)30)27-7-9-28(10-8-27)22(31)32-23(4,5)6/h11-13,19,21,24,26H,7-10H2,1-6H3,(H,25,30). The number of anilines is 1. The lowest BCUT2D eigenvalue weighted by molar-refractivity contribution is -0.122. The molecule has 3 aliphatic heterocycles. The molecule has 1 aromatic carbocycles. The van der Waals surface area contributed by atoms with Gasteiger partial charge in [-0.15, -0.1) is 0 Å². The summed E-state index contributed by atoms with van der Waals surface area (Å²) in [5.41, 5.74) is 8.16. The van der Waals surface area contributed by atoms with Gasteiger partial charge in [0.05, 0.1) is 11.3 Å². The molecule has 0 aromatic heterocycles. The summed E-state index contributed by atoms with van der Waals surface area (Å²) in [5, 5.41) is 8.49. The minimum Gasteiger partial charge on any atom is -0.444 e. The van der Waals surface area contributed by atoms with Gasteiger partial charge in [-0.2, -0.15) is 0 Å². The quantitative estimate of drug-likeness (QED) is 0.642. The first-order valence-corrected chi connectivity index (χ1v) is 11.2. The van der Waals surface area contributed by atoms with Gasteiger partial charge in [-0.3, -0.25) is 20.0 Å². The van der Waals surface area contributed by atoms with Crippen molar-refractivity contribution in [1.29, 1.82) is 0 Å². The Morgan fingerprint density at radius 2 is 1.69 bits per heavy atom. The normalized spacial score (nSPS) is 24.2. The van der Waals surface area contributed by atoms with Crippen molar-refractivity contribution in [2.24, 2.45) is 0 Å². The van der Waals surface area contributed by atoms with E-state index in [1.165, 1.54) is 5.56 Å². The second kappa shape index (κ2) is 8.38. The van der Waals surface area contributed by atoms with Gasteiger partial charge in [0, 0.05) is 32.4 Å². The van der Waals surface area contributed by atoms with Crippen LogP contribution in [0.4, 0.5) is 10.5 Å². The third-order valence-corrected chi connectivity index (χ3v) is 5.91. The molecule has 9 nitrogen and oxygen atoms in total. The van der Waals surface area contributed by atoms with Crippen LogP contribution in [0.3, 0.4) is 0 Å². The van der Waals surface area contributed by atoms with Crippen molar-refractivity contribution in [3.05, 3.63) is 40.6 Å². The summed E-state index contributed by atoms with van der Waals surface area (Å²) in [4.78, 5) is 29.0. The highest BCUT2D eigenvalue weighted by Gasteiger charge is 2.40. The van der Waals surface area contributed by atoms with E-state index in [9.17, 15) is 9.59 Å². The van der Waals surface area contributed by atoms with Gasteiger partial charge in [0.2, 0.25) is 0 Å². The predicted octanol–water partition coefficient (Wildman–Crippen LogP) is 1.70. The summed E-state index contributed by atoms with van der Waals surface area (Å²) >= 11 is 0. The highest BCUT2D eigenvalue weighted by molar-refractivity contribution is 5.97. The van der Waals surface area contributed by atoms with E-state index in [-0.39, 0.29) is 24.5 Å². The van der Waals surface area contributed by atoms with E-state index in [4.69, 9.17) is 4.74 Å². The summed E-state index contributed by atoms with van der Waals surface area (Å²) in [6.07, 6.45) is 0.990. The average molecular weight is 443 g/mol. The van der Waals surface area contributed by atoms with Crippen LogP contribution in [-0.4, -0.2) is 66.0 Å². The largest absolute Gasteiger partial charge is 0.444 e. The third kappa shape index (κ3) is 4.60. The SMILES string of the molecule is Cc1cc(C)c(N2C=C3C(=O)NC(N4CCN(C(=O)OC(C)(C)C)CC4)NC3N2)c(C)c1. The minimum absolute atomic E-state index is 0.0919. The number of fused-ring (bicyclic) bond motifs is 1. The van der Waals surface area contributed by atoms with Gasteiger partial charge >= 0.3 is 6.09 Å². The number of amides is 2. The predicted molar refractivity (Wildman–Crippen MR) is 123 cm³/mol. The van der Waals surface area contributed by atoms with Gasteiger partial charge in [0.1, 0.15) is 18.1 Å². The number of benzene rings is 1. The molecule has 2 unspecified atom stereocenters. The fraction of sp³-hybridized carbons (Fsp3) is 0.565. The molecular formula is C23H34N6O3. The van der Waals surface area contributed by atoms with E-state index >= 15 is 0 Å². The number of carbonyl (C=O) groups excluding carboxylic acids is 2. The summed E-state index contributed by atoms with van der Waals surface area (Å²) in [6, 6.07) is 4.29. The van der Waals surface area contributed by atoms with Crippen LogP contribution in [0.5, 0.6) is 0 Å². The summed E-state index contributed by atoms with van der Waals surface area (Å²) < 4.78 is 5.47. The maximum Gasteiger partial charge on any atom is 0.410 e. The molecule has 174 valence electrons. The van der Waals surface area contributed by atoms with E-state index in [0.717, 1.165) is 16.8 Å². The number of piperazine rings is 1. The van der Waals surface area contributed by atoms with Crippen LogP contribution in [0.1, 0.15) is 37.5 Å². The Hall–Kier alpha value is -2.62. The molecule has 0 spiro atoms. The smallest absolute Gasteiger partial charge is 0.410 e. The summed E-state index contributed by atoms with van der Waals surface area (Å²) in [6.45, 7) is 14.2. The number of hydrogen-bond acceptors (Lipinski definition) is 7. The zero-order chi connectivity index (χ0) is 23.2. The number of nitrogens with zero attached hydrogens (tertiary/aromatic N) is 3. The maximum atomic E-state index is 12.9. The molecule has 2 atom stereocenters. The maximum absolute atomic E-state index is 12.9. The molecule has 0 aliphatic carbocycles. The highest BCUT2D eigenvalue weighted by atomic mass is 16.6. The molecule has 3 aliphatic rings. The summed E-state index contributed by atoms with van der Waals surface area (Å²) in [5.74, 6) is -0.0919. The fourth-order valence-electron chi connectivity index (χ4n) is 4.55. The molecule has 2 fully saturated rings. The average Bonchev–Trinajstić information content (AvgIpc) is 3.10. The van der Waals surface area contributed by atoms with Crippen molar-refractivity contribution in [1.82, 2.24) is 25.9 Å². The van der Waals surface area contributed by atoms with Crippen LogP contribution in [0, 0.1) is 20.8 Å². The zero-order valence-corrected chi connectivity index (χ0v) is 19.8. The fourth-order valence-corrected chi connectivity index (χ4v) is 4.55. The first-order valence-electron chi connectivity index (χ1n) is 11.2. The molecule has 0 saturated carbocycles. The van der Waals surface area contributed by atoms with Crippen molar-refractivity contribution >= 4 is 17.7 Å². The first-order chi connectivity index (χ1) is 15.0. The number of aryl methyl sites for hydroxylation is 3. The lowest BCUT2D eigenvalue weighted by Crippen LogP contribution is -2.69. The summed E-state index contributed by atoms with van der Waals surface area (Å²) in [7, 11) is 0. The van der Waals surface area contributed by atoms with E-state index in [1.807, 2.05) is 32.0 Å². The number of ether oxygens (including phenoxy) is 1. The lowest BCUT2D eigenvalue weighted by atomic mass is 10.0. The van der Waals surface area contributed by atoms with Crippen LogP contribution < -0.4 is 21.1 Å². The molecule has 1 aromatic rings. The van der Waals surface area contributed by atoms with Gasteiger partial charge in [0.15, 0.2) is 0 Å². The van der Waals surface area contributed by atoms with Gasteiger partial charge in [0.25, 0.3) is 5.91 Å². The monoisotopic (exact) mass is 442 g/mol. The third-order valence-electron chi connectivity index (χ3n) is 5.91. The molecule has 2 amide bonds. The van der Waals surface area contributed by atoms with Crippen molar-refractivity contribution in [3.8, 4) is 0 Å². The molecule has 3 N–H and O–H groups in total. The molecule has 0 bridgehead atoms. The lowest BCUT2D eigenvalue weighted by Gasteiger charge is -2.42. The van der Waals surface area contributed by atoms with Crippen LogP contribution >= 0.6 is 0 Å². The molecule has 32 heavy (non-hydrogen) atoms. The van der Waals surface area contributed by atoms with Gasteiger partial charge in [-0.25, -0.2) is 10.2 Å². The van der Waals surface area contributed by atoms with Crippen LogP contribution in [0.25, 0.3) is 0 Å². The second-order valence-electron chi connectivity index (χ2n) is 9.81.